The second-order valence-corrected chi connectivity index (χ2v) is 8.76. The number of hydrogen-bond acceptors (Lipinski definition) is 6. The molecule has 1 saturated carbocycles. The molecule has 7 nitrogen and oxygen atoms in total. The van der Waals surface area contributed by atoms with Gasteiger partial charge in [-0.05, 0) is 38.3 Å². The number of aromatic nitrogens is 4. The van der Waals surface area contributed by atoms with Crippen molar-refractivity contribution in [3.63, 3.8) is 0 Å². The van der Waals surface area contributed by atoms with Crippen molar-refractivity contribution in [1.82, 2.24) is 29.5 Å². The Hall–Kier alpha value is -2.35. The molecule has 30 heavy (non-hydrogen) atoms. The number of nitrogens with zero attached hydrogens (tertiary/aromatic N) is 6. The maximum Gasteiger partial charge on any atom is 0.162 e. The summed E-state index contributed by atoms with van der Waals surface area (Å²) in [6.45, 7) is 5.33. The van der Waals surface area contributed by atoms with E-state index in [9.17, 15) is 0 Å². The maximum absolute atomic E-state index is 5.76. The van der Waals surface area contributed by atoms with E-state index in [2.05, 4.69) is 55.8 Å². The van der Waals surface area contributed by atoms with E-state index in [0.717, 1.165) is 46.7 Å². The lowest BCUT2D eigenvalue weighted by Crippen LogP contribution is -2.49. The topological polar surface area (TPSA) is 76.1 Å². The van der Waals surface area contributed by atoms with E-state index in [-0.39, 0.29) is 0 Å². The van der Waals surface area contributed by atoms with E-state index in [4.69, 9.17) is 10.8 Å². The Morgan fingerprint density at radius 3 is 2.37 bits per heavy atom. The molecule has 2 fully saturated rings. The minimum absolute atomic E-state index is 0.406. The molecular weight excluding hydrogens is 374 g/mol. The minimum atomic E-state index is 0.406. The van der Waals surface area contributed by atoms with Crippen LogP contribution in [0.3, 0.4) is 0 Å². The number of benzene rings is 1. The summed E-state index contributed by atoms with van der Waals surface area (Å²) in [6, 6.07) is 9.48. The zero-order valence-electron chi connectivity index (χ0n) is 17.7. The Labute approximate surface area is 177 Å². The zero-order valence-corrected chi connectivity index (χ0v) is 17.7. The Morgan fingerprint density at radius 1 is 0.967 bits per heavy atom. The maximum atomic E-state index is 5.76. The third-order valence-corrected chi connectivity index (χ3v) is 6.90. The summed E-state index contributed by atoms with van der Waals surface area (Å²) in [5, 5.41) is 6.08. The summed E-state index contributed by atoms with van der Waals surface area (Å²) in [7, 11) is 2.22. The van der Waals surface area contributed by atoms with Gasteiger partial charge in [-0.3, -0.25) is 4.90 Å². The van der Waals surface area contributed by atoms with Gasteiger partial charge in [0.25, 0.3) is 0 Å². The SMILES string of the molecule is CN1CCN(C2CCC(n3nc(-c4ccc(CN)cc4)c4cncnc43)CC2)CC1. The van der Waals surface area contributed by atoms with Crippen molar-refractivity contribution >= 4 is 11.0 Å². The number of nitrogens with two attached hydrogens (primary N) is 1. The van der Waals surface area contributed by atoms with Crippen LogP contribution in [0.25, 0.3) is 22.3 Å². The zero-order chi connectivity index (χ0) is 20.5. The molecule has 2 aromatic heterocycles. The molecule has 158 valence electrons. The first kappa shape index (κ1) is 19.6. The van der Waals surface area contributed by atoms with Crippen molar-refractivity contribution in [2.75, 3.05) is 33.2 Å². The van der Waals surface area contributed by atoms with E-state index in [1.165, 1.54) is 39.0 Å². The number of rotatable bonds is 4. The molecule has 2 N–H and O–H groups in total. The van der Waals surface area contributed by atoms with Crippen LogP contribution in [-0.4, -0.2) is 68.8 Å². The average Bonchev–Trinajstić information content (AvgIpc) is 3.20. The first-order valence-corrected chi connectivity index (χ1v) is 11.1. The van der Waals surface area contributed by atoms with Gasteiger partial charge in [-0.25, -0.2) is 14.6 Å². The third kappa shape index (κ3) is 3.73. The van der Waals surface area contributed by atoms with Crippen molar-refractivity contribution < 1.29 is 0 Å². The fraction of sp³-hybridized carbons (Fsp3) is 0.522. The van der Waals surface area contributed by atoms with Gasteiger partial charge in [-0.15, -0.1) is 0 Å². The van der Waals surface area contributed by atoms with Gasteiger partial charge in [0, 0.05) is 50.5 Å². The van der Waals surface area contributed by atoms with Crippen LogP contribution in [0.4, 0.5) is 0 Å². The summed E-state index contributed by atoms with van der Waals surface area (Å²) in [5.41, 5.74) is 9.90. The highest BCUT2D eigenvalue weighted by molar-refractivity contribution is 5.90. The molecule has 0 unspecified atom stereocenters. The highest BCUT2D eigenvalue weighted by atomic mass is 15.3. The minimum Gasteiger partial charge on any atom is -0.326 e. The van der Waals surface area contributed by atoms with Crippen LogP contribution in [0.15, 0.2) is 36.8 Å². The number of likely N-dealkylation sites (N-methyl/N-ethyl adjacent to an activating group) is 1. The molecule has 0 spiro atoms. The quantitative estimate of drug-likeness (QED) is 0.719. The van der Waals surface area contributed by atoms with Crippen molar-refractivity contribution in [2.45, 2.75) is 44.3 Å². The van der Waals surface area contributed by atoms with Gasteiger partial charge in [-0.1, -0.05) is 24.3 Å². The van der Waals surface area contributed by atoms with E-state index in [0.29, 0.717) is 12.6 Å². The lowest BCUT2D eigenvalue weighted by atomic mass is 9.90. The molecule has 2 aliphatic rings. The Morgan fingerprint density at radius 2 is 1.67 bits per heavy atom. The Bertz CT molecular complexity index is 980. The molecule has 0 atom stereocenters. The number of fused-ring (bicyclic) bond motifs is 1. The van der Waals surface area contributed by atoms with Gasteiger partial charge in [0.15, 0.2) is 5.65 Å². The van der Waals surface area contributed by atoms with Crippen molar-refractivity contribution in [3.05, 3.63) is 42.4 Å². The smallest absolute Gasteiger partial charge is 0.162 e. The normalized spacial score (nSPS) is 23.8. The molecule has 0 radical (unpaired) electrons. The summed E-state index contributed by atoms with van der Waals surface area (Å²) >= 11 is 0. The van der Waals surface area contributed by atoms with Crippen LogP contribution in [0.2, 0.25) is 0 Å². The van der Waals surface area contributed by atoms with Gasteiger partial charge < -0.3 is 10.6 Å². The van der Waals surface area contributed by atoms with E-state index in [1.54, 1.807) is 6.33 Å². The van der Waals surface area contributed by atoms with Crippen LogP contribution in [0.1, 0.15) is 37.3 Å². The first-order valence-electron chi connectivity index (χ1n) is 11.1. The monoisotopic (exact) mass is 405 g/mol. The highest BCUT2D eigenvalue weighted by Crippen LogP contribution is 2.35. The van der Waals surface area contributed by atoms with E-state index in [1.807, 2.05) is 6.20 Å². The van der Waals surface area contributed by atoms with Crippen molar-refractivity contribution in [1.29, 1.82) is 0 Å². The molecule has 1 aliphatic heterocycles. The molecule has 5 rings (SSSR count). The summed E-state index contributed by atoms with van der Waals surface area (Å²) in [4.78, 5) is 14.0. The molecule has 3 aromatic rings. The van der Waals surface area contributed by atoms with Gasteiger partial charge in [-0.2, -0.15) is 5.10 Å². The van der Waals surface area contributed by atoms with Crippen molar-refractivity contribution in [3.8, 4) is 11.3 Å². The Kier molecular flexibility index (Phi) is 5.50. The molecule has 7 heteroatoms. The number of hydrogen-bond donors (Lipinski definition) is 1. The molecule has 3 heterocycles. The first-order chi connectivity index (χ1) is 14.7. The van der Waals surface area contributed by atoms with Crippen LogP contribution >= 0.6 is 0 Å². The van der Waals surface area contributed by atoms with Crippen LogP contribution in [0, 0.1) is 0 Å². The molecule has 1 saturated heterocycles. The predicted molar refractivity (Wildman–Crippen MR) is 119 cm³/mol. The second-order valence-electron chi connectivity index (χ2n) is 8.76. The van der Waals surface area contributed by atoms with E-state index >= 15 is 0 Å². The highest BCUT2D eigenvalue weighted by Gasteiger charge is 2.30. The van der Waals surface area contributed by atoms with Crippen LogP contribution in [0.5, 0.6) is 0 Å². The fourth-order valence-corrected chi connectivity index (χ4v) is 5.00. The van der Waals surface area contributed by atoms with Gasteiger partial charge in [0.1, 0.15) is 12.0 Å². The third-order valence-electron chi connectivity index (χ3n) is 6.90. The average molecular weight is 406 g/mol. The largest absolute Gasteiger partial charge is 0.326 e. The van der Waals surface area contributed by atoms with Gasteiger partial charge >= 0.3 is 0 Å². The lowest BCUT2D eigenvalue weighted by molar-refractivity contribution is 0.0815. The summed E-state index contributed by atoms with van der Waals surface area (Å²) in [5.74, 6) is 0. The standard InChI is InChI=1S/C23H31N7/c1-28-10-12-29(13-11-28)19-6-8-20(9-7-19)30-23-21(15-25-16-26-23)22(27-30)18-4-2-17(14-24)3-5-18/h2-5,15-16,19-20H,6-14,24H2,1H3. The molecule has 0 bridgehead atoms. The predicted octanol–water partition coefficient (Wildman–Crippen LogP) is 2.68. The van der Waals surface area contributed by atoms with Gasteiger partial charge in [0.05, 0.1) is 11.4 Å². The molecule has 1 aliphatic carbocycles. The van der Waals surface area contributed by atoms with E-state index < -0.39 is 0 Å². The summed E-state index contributed by atoms with van der Waals surface area (Å²) in [6.07, 6.45) is 8.32. The molecule has 0 amide bonds. The fourth-order valence-electron chi connectivity index (χ4n) is 5.00. The lowest BCUT2D eigenvalue weighted by Gasteiger charge is -2.41. The summed E-state index contributed by atoms with van der Waals surface area (Å²) < 4.78 is 2.17. The molecular formula is C23H31N7. The number of piperazine rings is 1. The van der Waals surface area contributed by atoms with Crippen LogP contribution < -0.4 is 5.73 Å². The molecule has 1 aromatic carbocycles. The van der Waals surface area contributed by atoms with Gasteiger partial charge in [0.2, 0.25) is 0 Å². The van der Waals surface area contributed by atoms with Crippen molar-refractivity contribution in [2.24, 2.45) is 5.73 Å². The Balaban J connectivity index is 1.37. The van der Waals surface area contributed by atoms with Crippen LogP contribution in [-0.2, 0) is 6.54 Å². The second kappa shape index (κ2) is 8.41.